The summed E-state index contributed by atoms with van der Waals surface area (Å²) >= 11 is 0. The van der Waals surface area contributed by atoms with Crippen LogP contribution in [-0.4, -0.2) is 63.3 Å². The van der Waals surface area contributed by atoms with E-state index in [4.69, 9.17) is 0 Å². The summed E-state index contributed by atoms with van der Waals surface area (Å²) < 4.78 is 25.4. The number of hydrogen-bond donors (Lipinski definition) is 2. The second-order valence-electron chi connectivity index (χ2n) is 9.54. The molecule has 0 atom stereocenters. The predicted molar refractivity (Wildman–Crippen MR) is 139 cm³/mol. The van der Waals surface area contributed by atoms with Crippen LogP contribution < -0.4 is 10.6 Å². The number of piperidine rings is 1. The maximum absolute atomic E-state index is 12.7. The van der Waals surface area contributed by atoms with Crippen molar-refractivity contribution in [3.8, 4) is 0 Å². The van der Waals surface area contributed by atoms with E-state index in [0.29, 0.717) is 10.9 Å². The first-order valence-electron chi connectivity index (χ1n) is 11.3. The fourth-order valence-corrected chi connectivity index (χ4v) is 5.04. The van der Waals surface area contributed by atoms with E-state index < -0.39 is 9.84 Å². The van der Waals surface area contributed by atoms with Crippen molar-refractivity contribution in [1.82, 2.24) is 15.5 Å². The van der Waals surface area contributed by atoms with Crippen LogP contribution in [0, 0.1) is 0 Å². The topological polar surface area (TPSA) is 73.8 Å². The van der Waals surface area contributed by atoms with Crippen LogP contribution >= 0.6 is 24.0 Å². The second kappa shape index (κ2) is 11.3. The standard InChI is InChI=1S/C23H38N4O2S.HI/c1-5-24-22(26-19-12-15-27(16-13-19)20-8-9-20)25-14-17-30(28,29)21-10-6-18(7-11-21)23(2,3)4;/h6-7,10-11,19-20H,5,8-9,12-17H2,1-4H3,(H2,24,25,26);1H. The number of benzene rings is 1. The number of aliphatic imine (C=N–C) groups is 1. The number of sulfone groups is 1. The van der Waals surface area contributed by atoms with Crippen LogP contribution in [0.3, 0.4) is 0 Å². The molecule has 8 heteroatoms. The van der Waals surface area contributed by atoms with E-state index in [1.807, 2.05) is 19.1 Å². The van der Waals surface area contributed by atoms with E-state index in [1.54, 1.807) is 12.1 Å². The van der Waals surface area contributed by atoms with Crippen LogP contribution in [0.25, 0.3) is 0 Å². The molecule has 0 spiro atoms. The van der Waals surface area contributed by atoms with Gasteiger partial charge in [0.25, 0.3) is 0 Å². The predicted octanol–water partition coefficient (Wildman–Crippen LogP) is 3.56. The van der Waals surface area contributed by atoms with Crippen LogP contribution in [0.2, 0.25) is 0 Å². The smallest absolute Gasteiger partial charge is 0.191 e. The number of nitrogens with one attached hydrogen (secondary N) is 2. The van der Waals surface area contributed by atoms with Gasteiger partial charge in [-0.3, -0.25) is 4.99 Å². The van der Waals surface area contributed by atoms with Gasteiger partial charge >= 0.3 is 0 Å². The maximum Gasteiger partial charge on any atom is 0.191 e. The third-order valence-corrected chi connectivity index (χ3v) is 7.70. The van der Waals surface area contributed by atoms with Gasteiger partial charge in [-0.1, -0.05) is 32.9 Å². The second-order valence-corrected chi connectivity index (χ2v) is 11.6. The van der Waals surface area contributed by atoms with Gasteiger partial charge in [0.05, 0.1) is 17.2 Å². The Balaban J connectivity index is 0.00000341. The van der Waals surface area contributed by atoms with Crippen molar-refractivity contribution in [2.45, 2.75) is 75.8 Å². The molecule has 1 aliphatic carbocycles. The van der Waals surface area contributed by atoms with E-state index >= 15 is 0 Å². The summed E-state index contributed by atoms with van der Waals surface area (Å²) in [6.45, 7) is 11.7. The van der Waals surface area contributed by atoms with Crippen LogP contribution in [0.15, 0.2) is 34.2 Å². The van der Waals surface area contributed by atoms with Gasteiger partial charge in [-0.15, -0.1) is 24.0 Å². The van der Waals surface area contributed by atoms with E-state index in [0.717, 1.165) is 50.0 Å². The summed E-state index contributed by atoms with van der Waals surface area (Å²) in [6.07, 6.45) is 4.93. The molecule has 2 aliphatic rings. The molecule has 0 bridgehead atoms. The highest BCUT2D eigenvalue weighted by atomic mass is 127. The van der Waals surface area contributed by atoms with Gasteiger partial charge in [0.2, 0.25) is 0 Å². The van der Waals surface area contributed by atoms with Gasteiger partial charge in [0.15, 0.2) is 15.8 Å². The van der Waals surface area contributed by atoms with Crippen LogP contribution in [0.4, 0.5) is 0 Å². The summed E-state index contributed by atoms with van der Waals surface area (Å²) in [6, 6.07) is 8.49. The zero-order valence-electron chi connectivity index (χ0n) is 19.4. The summed E-state index contributed by atoms with van der Waals surface area (Å²) in [7, 11) is -3.35. The fraction of sp³-hybridized carbons (Fsp3) is 0.696. The van der Waals surface area contributed by atoms with Gasteiger partial charge in [0, 0.05) is 31.7 Å². The molecule has 3 rings (SSSR count). The molecule has 1 aliphatic heterocycles. The zero-order chi connectivity index (χ0) is 21.8. The molecule has 1 saturated carbocycles. The maximum atomic E-state index is 12.7. The summed E-state index contributed by atoms with van der Waals surface area (Å²) in [5.41, 5.74) is 1.14. The number of hydrogen-bond acceptors (Lipinski definition) is 4. The first-order chi connectivity index (χ1) is 14.2. The number of guanidine groups is 1. The third kappa shape index (κ3) is 7.89. The molecule has 2 N–H and O–H groups in total. The Morgan fingerprint density at radius 1 is 1.10 bits per heavy atom. The molecule has 1 aromatic rings. The molecular formula is C23H39IN4O2S. The van der Waals surface area contributed by atoms with E-state index in [-0.39, 0.29) is 41.7 Å². The molecule has 0 aromatic heterocycles. The average Bonchev–Trinajstić information content (AvgIpc) is 3.53. The highest BCUT2D eigenvalue weighted by molar-refractivity contribution is 14.0. The highest BCUT2D eigenvalue weighted by Crippen LogP contribution is 2.29. The lowest BCUT2D eigenvalue weighted by molar-refractivity contribution is 0.197. The SMILES string of the molecule is CCNC(=NCCS(=O)(=O)c1ccc(C(C)(C)C)cc1)NC1CCN(C2CC2)CC1.I. The first kappa shape index (κ1) is 26.4. The largest absolute Gasteiger partial charge is 0.357 e. The minimum atomic E-state index is -3.35. The Morgan fingerprint density at radius 3 is 2.23 bits per heavy atom. The number of rotatable bonds is 7. The zero-order valence-corrected chi connectivity index (χ0v) is 22.5. The Labute approximate surface area is 205 Å². The Morgan fingerprint density at radius 2 is 1.71 bits per heavy atom. The average molecular weight is 563 g/mol. The van der Waals surface area contributed by atoms with Crippen molar-refractivity contribution < 1.29 is 8.42 Å². The van der Waals surface area contributed by atoms with Crippen molar-refractivity contribution in [3.63, 3.8) is 0 Å². The lowest BCUT2D eigenvalue weighted by Gasteiger charge is -2.33. The van der Waals surface area contributed by atoms with Crippen molar-refractivity contribution in [2.75, 3.05) is 31.9 Å². The monoisotopic (exact) mass is 562 g/mol. The van der Waals surface area contributed by atoms with Crippen molar-refractivity contribution >= 4 is 39.8 Å². The molecule has 0 radical (unpaired) electrons. The normalized spacial score (nSPS) is 19.0. The molecule has 2 fully saturated rings. The lowest BCUT2D eigenvalue weighted by Crippen LogP contribution is -2.49. The molecule has 0 amide bonds. The molecule has 0 unspecified atom stereocenters. The van der Waals surface area contributed by atoms with Crippen LogP contribution in [0.5, 0.6) is 0 Å². The van der Waals surface area contributed by atoms with Gasteiger partial charge in [-0.25, -0.2) is 8.42 Å². The number of nitrogens with zero attached hydrogens (tertiary/aromatic N) is 2. The molecule has 1 aromatic carbocycles. The molecule has 1 heterocycles. The fourth-order valence-electron chi connectivity index (χ4n) is 3.92. The lowest BCUT2D eigenvalue weighted by atomic mass is 9.87. The van der Waals surface area contributed by atoms with Crippen LogP contribution in [0.1, 0.15) is 58.9 Å². The quantitative estimate of drug-likeness (QED) is 0.302. The number of halogens is 1. The Kier molecular flexibility index (Phi) is 9.63. The van der Waals surface area contributed by atoms with Gasteiger partial charge in [-0.05, 0) is 55.7 Å². The van der Waals surface area contributed by atoms with E-state index in [1.165, 1.54) is 12.8 Å². The molecular weight excluding hydrogens is 523 g/mol. The highest BCUT2D eigenvalue weighted by Gasteiger charge is 2.31. The van der Waals surface area contributed by atoms with E-state index in [2.05, 4.69) is 41.3 Å². The Bertz CT molecular complexity index is 822. The van der Waals surface area contributed by atoms with Crippen molar-refractivity contribution in [3.05, 3.63) is 29.8 Å². The first-order valence-corrected chi connectivity index (χ1v) is 13.0. The van der Waals surface area contributed by atoms with Gasteiger partial charge in [-0.2, -0.15) is 0 Å². The summed E-state index contributed by atoms with van der Waals surface area (Å²) in [4.78, 5) is 7.51. The third-order valence-electron chi connectivity index (χ3n) is 5.99. The van der Waals surface area contributed by atoms with Crippen molar-refractivity contribution in [1.29, 1.82) is 0 Å². The minimum absolute atomic E-state index is 0. The molecule has 1 saturated heterocycles. The van der Waals surface area contributed by atoms with Gasteiger partial charge in [0.1, 0.15) is 0 Å². The number of likely N-dealkylation sites (tertiary alicyclic amines) is 1. The van der Waals surface area contributed by atoms with Crippen LogP contribution in [-0.2, 0) is 15.3 Å². The summed E-state index contributed by atoms with van der Waals surface area (Å²) in [5.74, 6) is 0.735. The molecule has 31 heavy (non-hydrogen) atoms. The van der Waals surface area contributed by atoms with Crippen molar-refractivity contribution in [2.24, 2.45) is 4.99 Å². The molecule has 6 nitrogen and oxygen atoms in total. The Hall–Kier alpha value is -0.870. The summed E-state index contributed by atoms with van der Waals surface area (Å²) in [5, 5.41) is 6.76. The van der Waals surface area contributed by atoms with E-state index in [9.17, 15) is 8.42 Å². The minimum Gasteiger partial charge on any atom is -0.357 e. The molecule has 176 valence electrons. The van der Waals surface area contributed by atoms with Gasteiger partial charge < -0.3 is 15.5 Å².